The van der Waals surface area contributed by atoms with Gasteiger partial charge in [0, 0.05) is 18.5 Å². The van der Waals surface area contributed by atoms with Gasteiger partial charge in [0.15, 0.2) is 0 Å². The zero-order valence-corrected chi connectivity index (χ0v) is 15.9. The maximum absolute atomic E-state index is 13.5. The van der Waals surface area contributed by atoms with Gasteiger partial charge >= 0.3 is 0 Å². The molecule has 6 heteroatoms. The van der Waals surface area contributed by atoms with E-state index in [9.17, 15) is 9.18 Å². The molecule has 0 radical (unpaired) electrons. The molecule has 0 aliphatic carbocycles. The molecule has 0 bridgehead atoms. The Bertz CT molecular complexity index is 981. The minimum Gasteiger partial charge on any atom is -0.337 e. The minimum atomic E-state index is -0.355. The number of halogens is 1. The molecule has 2 aromatic carbocycles. The molecule has 28 heavy (non-hydrogen) atoms. The molecule has 0 spiro atoms. The zero-order chi connectivity index (χ0) is 19.7. The first-order valence-corrected chi connectivity index (χ1v) is 9.49. The van der Waals surface area contributed by atoms with Crippen molar-refractivity contribution in [2.75, 3.05) is 0 Å². The van der Waals surface area contributed by atoms with E-state index in [1.807, 2.05) is 0 Å². The van der Waals surface area contributed by atoms with E-state index in [1.165, 1.54) is 17.7 Å². The van der Waals surface area contributed by atoms with Gasteiger partial charge in [0.1, 0.15) is 11.9 Å². The highest BCUT2D eigenvalue weighted by molar-refractivity contribution is 5.78. The molecule has 144 valence electrons. The third-order valence-electron chi connectivity index (χ3n) is 5.14. The van der Waals surface area contributed by atoms with Crippen LogP contribution in [0.5, 0.6) is 0 Å². The lowest BCUT2D eigenvalue weighted by atomic mass is 10.0. The summed E-state index contributed by atoms with van der Waals surface area (Å²) >= 11 is 0. The molecule has 1 unspecified atom stereocenters. The molecule has 5 nitrogen and oxygen atoms in total. The molecule has 1 amide bonds. The fourth-order valence-corrected chi connectivity index (χ4v) is 3.51. The summed E-state index contributed by atoms with van der Waals surface area (Å²) in [7, 11) is 0. The van der Waals surface area contributed by atoms with Crippen molar-refractivity contribution >= 4 is 5.91 Å². The average Bonchev–Trinajstić information content (AvgIpc) is 3.30. The predicted octanol–water partition coefficient (Wildman–Crippen LogP) is 4.86. The quantitative estimate of drug-likeness (QED) is 0.635. The molecule has 2 heterocycles. The summed E-state index contributed by atoms with van der Waals surface area (Å²) in [4.78, 5) is 18.7. The summed E-state index contributed by atoms with van der Waals surface area (Å²) in [6.07, 6.45) is 1.08. The molecule has 1 aliphatic heterocycles. The number of nitrogens with zero attached hydrogens (tertiary/aromatic N) is 3. The first kappa shape index (κ1) is 18.3. The highest BCUT2D eigenvalue weighted by atomic mass is 19.1. The molecule has 1 aliphatic rings. The Kier molecular flexibility index (Phi) is 4.94. The summed E-state index contributed by atoms with van der Waals surface area (Å²) in [6, 6.07) is 14.1. The standard InChI is InChI=1S/C22H22FN3O2/c1-14(2)16-8-6-15(7-9-16)13-26-19(10-11-20(26)27)22-24-21(25-28-22)17-4-3-5-18(23)12-17/h3-9,12,14,19H,10-11,13H2,1-2H3. The van der Waals surface area contributed by atoms with Crippen molar-refractivity contribution in [1.82, 2.24) is 15.0 Å². The normalized spacial score (nSPS) is 16.9. The second-order valence-electron chi connectivity index (χ2n) is 7.44. The van der Waals surface area contributed by atoms with Crippen LogP contribution in [0.15, 0.2) is 53.1 Å². The Morgan fingerprint density at radius 2 is 2.00 bits per heavy atom. The van der Waals surface area contributed by atoms with Crippen molar-refractivity contribution in [2.24, 2.45) is 0 Å². The molecule has 1 aromatic heterocycles. The number of hydrogen-bond acceptors (Lipinski definition) is 4. The third kappa shape index (κ3) is 3.67. The van der Waals surface area contributed by atoms with Gasteiger partial charge in [0.05, 0.1) is 0 Å². The number of amides is 1. The van der Waals surface area contributed by atoms with Crippen LogP contribution in [0.25, 0.3) is 11.4 Å². The lowest BCUT2D eigenvalue weighted by molar-refractivity contribution is -0.129. The average molecular weight is 379 g/mol. The monoisotopic (exact) mass is 379 g/mol. The van der Waals surface area contributed by atoms with Gasteiger partial charge in [-0.3, -0.25) is 4.79 Å². The Morgan fingerprint density at radius 1 is 1.21 bits per heavy atom. The lowest BCUT2D eigenvalue weighted by Gasteiger charge is -2.22. The van der Waals surface area contributed by atoms with E-state index < -0.39 is 0 Å². The van der Waals surface area contributed by atoms with E-state index in [1.54, 1.807) is 17.0 Å². The Labute approximate surface area is 163 Å². The van der Waals surface area contributed by atoms with Crippen molar-refractivity contribution in [3.8, 4) is 11.4 Å². The number of aromatic nitrogens is 2. The van der Waals surface area contributed by atoms with E-state index in [2.05, 4.69) is 48.3 Å². The van der Waals surface area contributed by atoms with Crippen LogP contribution in [-0.4, -0.2) is 20.9 Å². The molecule has 0 saturated carbocycles. The molecule has 4 rings (SSSR count). The van der Waals surface area contributed by atoms with Crippen molar-refractivity contribution < 1.29 is 13.7 Å². The number of carbonyl (C=O) groups is 1. The van der Waals surface area contributed by atoms with Crippen LogP contribution in [-0.2, 0) is 11.3 Å². The summed E-state index contributed by atoms with van der Waals surface area (Å²) in [5, 5.41) is 3.98. The second kappa shape index (κ2) is 7.54. The van der Waals surface area contributed by atoms with Crippen LogP contribution in [0.4, 0.5) is 4.39 Å². The highest BCUT2D eigenvalue weighted by Crippen LogP contribution is 2.34. The molecule has 1 atom stereocenters. The number of hydrogen-bond donors (Lipinski definition) is 0. The predicted molar refractivity (Wildman–Crippen MR) is 103 cm³/mol. The van der Waals surface area contributed by atoms with Crippen LogP contribution < -0.4 is 0 Å². The van der Waals surface area contributed by atoms with Gasteiger partial charge in [0.2, 0.25) is 17.6 Å². The molecular weight excluding hydrogens is 357 g/mol. The van der Waals surface area contributed by atoms with Gasteiger partial charge in [-0.25, -0.2) is 4.39 Å². The largest absolute Gasteiger partial charge is 0.337 e. The van der Waals surface area contributed by atoms with Crippen LogP contribution >= 0.6 is 0 Å². The Morgan fingerprint density at radius 3 is 2.71 bits per heavy atom. The maximum Gasteiger partial charge on any atom is 0.249 e. The first-order chi connectivity index (χ1) is 13.5. The van der Waals surface area contributed by atoms with Gasteiger partial charge in [-0.15, -0.1) is 0 Å². The minimum absolute atomic E-state index is 0.0726. The summed E-state index contributed by atoms with van der Waals surface area (Å²) < 4.78 is 18.9. The number of rotatable bonds is 5. The van der Waals surface area contributed by atoms with Crippen molar-refractivity contribution in [3.63, 3.8) is 0 Å². The molecular formula is C22H22FN3O2. The van der Waals surface area contributed by atoms with Crippen molar-refractivity contribution in [1.29, 1.82) is 0 Å². The SMILES string of the molecule is CC(C)c1ccc(CN2C(=O)CCC2c2nc(-c3cccc(F)c3)no2)cc1. The number of carbonyl (C=O) groups excluding carboxylic acids is 1. The van der Waals surface area contributed by atoms with E-state index in [0.29, 0.717) is 42.6 Å². The molecule has 3 aromatic rings. The summed E-state index contributed by atoms with van der Waals surface area (Å²) in [5.74, 6) is 0.906. The first-order valence-electron chi connectivity index (χ1n) is 9.49. The van der Waals surface area contributed by atoms with Gasteiger partial charge in [-0.1, -0.05) is 55.4 Å². The second-order valence-corrected chi connectivity index (χ2v) is 7.44. The van der Waals surface area contributed by atoms with Gasteiger partial charge in [-0.2, -0.15) is 4.98 Å². The topological polar surface area (TPSA) is 59.2 Å². The summed E-state index contributed by atoms with van der Waals surface area (Å²) in [6.45, 7) is 4.81. The fourth-order valence-electron chi connectivity index (χ4n) is 3.51. The number of likely N-dealkylation sites (tertiary alicyclic amines) is 1. The van der Waals surface area contributed by atoms with E-state index >= 15 is 0 Å². The molecule has 1 saturated heterocycles. The van der Waals surface area contributed by atoms with E-state index in [-0.39, 0.29) is 17.8 Å². The van der Waals surface area contributed by atoms with Gasteiger partial charge in [0.25, 0.3) is 0 Å². The highest BCUT2D eigenvalue weighted by Gasteiger charge is 2.36. The smallest absolute Gasteiger partial charge is 0.249 e. The van der Waals surface area contributed by atoms with Crippen molar-refractivity contribution in [3.05, 3.63) is 71.4 Å². The van der Waals surface area contributed by atoms with Gasteiger partial charge < -0.3 is 9.42 Å². The third-order valence-corrected chi connectivity index (χ3v) is 5.14. The lowest BCUT2D eigenvalue weighted by Crippen LogP contribution is -2.27. The van der Waals surface area contributed by atoms with Crippen LogP contribution in [0, 0.1) is 5.82 Å². The maximum atomic E-state index is 13.5. The molecule has 1 fully saturated rings. The molecule has 0 N–H and O–H groups in total. The van der Waals surface area contributed by atoms with E-state index in [4.69, 9.17) is 4.52 Å². The van der Waals surface area contributed by atoms with E-state index in [0.717, 1.165) is 5.56 Å². The number of benzene rings is 2. The summed E-state index contributed by atoms with van der Waals surface area (Å²) in [5.41, 5.74) is 2.88. The van der Waals surface area contributed by atoms with Crippen molar-refractivity contribution in [2.45, 2.75) is 45.2 Å². The van der Waals surface area contributed by atoms with Gasteiger partial charge in [-0.05, 0) is 35.6 Å². The van der Waals surface area contributed by atoms with Crippen LogP contribution in [0.2, 0.25) is 0 Å². The Hall–Kier alpha value is -3.02. The zero-order valence-electron chi connectivity index (χ0n) is 15.9. The van der Waals surface area contributed by atoms with Crippen LogP contribution in [0.3, 0.4) is 0 Å². The fraction of sp³-hybridized carbons (Fsp3) is 0.318. The Balaban J connectivity index is 1.55. The van der Waals surface area contributed by atoms with Crippen LogP contribution in [0.1, 0.15) is 55.7 Å².